The molecule has 2 aliphatic heterocycles. The van der Waals surface area contributed by atoms with Gasteiger partial charge in [-0.15, -0.1) is 0 Å². The minimum absolute atomic E-state index is 0.0106. The highest BCUT2D eigenvalue weighted by molar-refractivity contribution is 6.07. The zero-order chi connectivity index (χ0) is 29.3. The molecule has 42 heavy (non-hydrogen) atoms. The lowest BCUT2D eigenvalue weighted by molar-refractivity contribution is -0.143. The normalized spacial score (nSPS) is 20.0. The van der Waals surface area contributed by atoms with Crippen molar-refractivity contribution in [2.75, 3.05) is 19.6 Å². The van der Waals surface area contributed by atoms with Crippen molar-refractivity contribution in [1.29, 1.82) is 0 Å². The molecule has 218 valence electrons. The van der Waals surface area contributed by atoms with Crippen LogP contribution in [0.1, 0.15) is 48.8 Å². The van der Waals surface area contributed by atoms with Crippen molar-refractivity contribution < 1.29 is 14.4 Å². The van der Waals surface area contributed by atoms with Gasteiger partial charge in [-0.3, -0.25) is 14.6 Å². The van der Waals surface area contributed by atoms with E-state index in [2.05, 4.69) is 34.6 Å². The lowest BCUT2D eigenvalue weighted by atomic mass is 9.73. The van der Waals surface area contributed by atoms with Crippen LogP contribution >= 0.6 is 0 Å². The van der Waals surface area contributed by atoms with Crippen LogP contribution in [0.3, 0.4) is 0 Å². The number of hydrogen-bond donors (Lipinski definition) is 3. The molecule has 3 aromatic carbocycles. The highest BCUT2D eigenvalue weighted by Gasteiger charge is 2.47. The van der Waals surface area contributed by atoms with Crippen molar-refractivity contribution in [2.45, 2.75) is 62.4 Å². The summed E-state index contributed by atoms with van der Waals surface area (Å²) in [5.74, 6) is -0.557. The molecule has 0 radical (unpaired) electrons. The summed E-state index contributed by atoms with van der Waals surface area (Å²) in [5.41, 5.74) is 14.7. The van der Waals surface area contributed by atoms with E-state index in [4.69, 9.17) is 11.5 Å². The number of nitrogens with two attached hydrogens (primary N) is 2. The number of nitrogens with zero attached hydrogens (tertiary/aromatic N) is 3. The number of urea groups is 1. The standard InChI is InChI=1S/C33H38N6O3/c34-31(35)36-18-6-13-27-29(40)39(32(42)37-27)28(21-24-10-5-9-22-7-1-3-11-25(22)24)30(41)38-19-16-33(17-20-38)15-14-23-8-2-4-12-26(23)33/h1-5,7-12,27-28H,6,13-21H2,(H,37,42)(H4,34,35,36)/t27-,28-/m1/s1. The van der Waals surface area contributed by atoms with Gasteiger partial charge in [0.25, 0.3) is 5.91 Å². The van der Waals surface area contributed by atoms with Crippen molar-refractivity contribution >= 4 is 34.6 Å². The predicted octanol–water partition coefficient (Wildman–Crippen LogP) is 3.23. The molecule has 1 aliphatic carbocycles. The van der Waals surface area contributed by atoms with Gasteiger partial charge in [-0.2, -0.15) is 0 Å². The van der Waals surface area contributed by atoms with Gasteiger partial charge in [0.1, 0.15) is 12.1 Å². The minimum atomic E-state index is -0.934. The molecule has 3 aliphatic rings. The fourth-order valence-corrected chi connectivity index (χ4v) is 7.16. The largest absolute Gasteiger partial charge is 0.370 e. The molecular formula is C33H38N6O3. The third-order valence-corrected chi connectivity index (χ3v) is 9.38. The van der Waals surface area contributed by atoms with Gasteiger partial charge in [-0.25, -0.2) is 9.69 Å². The van der Waals surface area contributed by atoms with E-state index in [0.29, 0.717) is 32.5 Å². The van der Waals surface area contributed by atoms with Gasteiger partial charge in [0, 0.05) is 26.1 Å². The third kappa shape index (κ3) is 5.19. The van der Waals surface area contributed by atoms with Gasteiger partial charge < -0.3 is 21.7 Å². The van der Waals surface area contributed by atoms with Gasteiger partial charge in [0.2, 0.25) is 5.91 Å². The van der Waals surface area contributed by atoms with E-state index >= 15 is 0 Å². The number of aliphatic imine (C=N–C) groups is 1. The Hall–Kier alpha value is -4.40. The summed E-state index contributed by atoms with van der Waals surface area (Å²) in [6.07, 6.45) is 5.10. The number of rotatable bonds is 8. The first kappa shape index (κ1) is 27.8. The number of aryl methyl sites for hydroxylation is 1. The summed E-state index contributed by atoms with van der Waals surface area (Å²) in [6, 6.07) is 20.4. The number of piperidine rings is 1. The highest BCUT2D eigenvalue weighted by atomic mass is 16.2. The number of guanidine groups is 1. The molecule has 3 aromatic rings. The molecule has 9 nitrogen and oxygen atoms in total. The second-order valence-corrected chi connectivity index (χ2v) is 11.8. The van der Waals surface area contributed by atoms with Crippen molar-refractivity contribution in [3.8, 4) is 0 Å². The molecule has 2 fully saturated rings. The molecule has 5 N–H and O–H groups in total. The number of nitrogens with one attached hydrogen (secondary N) is 1. The van der Waals surface area contributed by atoms with Crippen LogP contribution in [0.5, 0.6) is 0 Å². The molecule has 0 saturated carbocycles. The summed E-state index contributed by atoms with van der Waals surface area (Å²) in [6.45, 7) is 1.56. The maximum atomic E-state index is 14.3. The minimum Gasteiger partial charge on any atom is -0.370 e. The maximum absolute atomic E-state index is 14.3. The smallest absolute Gasteiger partial charge is 0.325 e. The summed E-state index contributed by atoms with van der Waals surface area (Å²) in [7, 11) is 0. The van der Waals surface area contributed by atoms with Crippen molar-refractivity contribution in [3.63, 3.8) is 0 Å². The Morgan fingerprint density at radius 3 is 2.52 bits per heavy atom. The molecule has 2 atom stereocenters. The Morgan fingerprint density at radius 1 is 0.976 bits per heavy atom. The summed E-state index contributed by atoms with van der Waals surface area (Å²) in [4.78, 5) is 48.3. The predicted molar refractivity (Wildman–Crippen MR) is 163 cm³/mol. The topological polar surface area (TPSA) is 134 Å². The second-order valence-electron chi connectivity index (χ2n) is 11.8. The van der Waals surface area contributed by atoms with E-state index in [0.717, 1.165) is 42.0 Å². The van der Waals surface area contributed by atoms with Crippen molar-refractivity contribution in [2.24, 2.45) is 16.5 Å². The van der Waals surface area contributed by atoms with Crippen LogP contribution in [-0.4, -0.2) is 65.3 Å². The number of imide groups is 1. The number of likely N-dealkylation sites (tertiary alicyclic amines) is 1. The van der Waals surface area contributed by atoms with E-state index in [1.54, 1.807) is 0 Å². The number of fused-ring (bicyclic) bond motifs is 3. The number of hydrogen-bond acceptors (Lipinski definition) is 4. The molecule has 0 aromatic heterocycles. The van der Waals surface area contributed by atoms with Gasteiger partial charge in [0.05, 0.1) is 0 Å². The Labute approximate surface area is 245 Å². The van der Waals surface area contributed by atoms with Crippen LogP contribution in [0.4, 0.5) is 4.79 Å². The molecule has 0 unspecified atom stereocenters. The Balaban J connectivity index is 1.25. The van der Waals surface area contributed by atoms with E-state index in [1.807, 2.05) is 47.4 Å². The average molecular weight is 567 g/mol. The van der Waals surface area contributed by atoms with Crippen LogP contribution in [0.2, 0.25) is 0 Å². The zero-order valence-electron chi connectivity index (χ0n) is 23.8. The van der Waals surface area contributed by atoms with Gasteiger partial charge in [-0.05, 0) is 71.4 Å². The van der Waals surface area contributed by atoms with Crippen LogP contribution < -0.4 is 16.8 Å². The number of benzene rings is 3. The van der Waals surface area contributed by atoms with E-state index in [1.165, 1.54) is 16.0 Å². The van der Waals surface area contributed by atoms with E-state index in [9.17, 15) is 14.4 Å². The first-order valence-corrected chi connectivity index (χ1v) is 14.9. The SMILES string of the molecule is NC(N)=NCCC[C@H]1NC(=O)N([C@H](Cc2cccc3ccccc23)C(=O)N2CCC3(CCc4ccccc43)CC2)C1=O. The van der Waals surface area contributed by atoms with Crippen LogP contribution in [0.25, 0.3) is 10.8 Å². The highest BCUT2D eigenvalue weighted by Crippen LogP contribution is 2.46. The van der Waals surface area contributed by atoms with Gasteiger partial charge in [0.15, 0.2) is 5.96 Å². The fourth-order valence-electron chi connectivity index (χ4n) is 7.16. The molecular weight excluding hydrogens is 528 g/mol. The molecule has 0 bridgehead atoms. The summed E-state index contributed by atoms with van der Waals surface area (Å²) in [5, 5.41) is 4.87. The fraction of sp³-hybridized carbons (Fsp3) is 0.394. The average Bonchev–Trinajstić information content (AvgIpc) is 3.50. The number of amides is 4. The van der Waals surface area contributed by atoms with Gasteiger partial charge >= 0.3 is 6.03 Å². The lowest BCUT2D eigenvalue weighted by Gasteiger charge is -2.42. The van der Waals surface area contributed by atoms with Crippen LogP contribution in [-0.2, 0) is 27.8 Å². The first-order valence-electron chi connectivity index (χ1n) is 14.9. The number of carbonyl (C=O) groups is 3. The molecule has 9 heteroatoms. The van der Waals surface area contributed by atoms with E-state index in [-0.39, 0.29) is 29.6 Å². The zero-order valence-corrected chi connectivity index (χ0v) is 23.8. The molecule has 6 rings (SSSR count). The summed E-state index contributed by atoms with van der Waals surface area (Å²) < 4.78 is 0. The Morgan fingerprint density at radius 2 is 1.71 bits per heavy atom. The van der Waals surface area contributed by atoms with Crippen LogP contribution in [0.15, 0.2) is 71.7 Å². The number of carbonyl (C=O) groups excluding carboxylic acids is 3. The maximum Gasteiger partial charge on any atom is 0.325 e. The third-order valence-electron chi connectivity index (χ3n) is 9.38. The van der Waals surface area contributed by atoms with Crippen molar-refractivity contribution in [1.82, 2.24) is 15.1 Å². The Bertz CT molecular complexity index is 1530. The molecule has 1 spiro atoms. The monoisotopic (exact) mass is 566 g/mol. The van der Waals surface area contributed by atoms with Crippen molar-refractivity contribution in [3.05, 3.63) is 83.4 Å². The second kappa shape index (κ2) is 11.5. The van der Waals surface area contributed by atoms with Gasteiger partial charge in [-0.1, -0.05) is 66.7 Å². The lowest BCUT2D eigenvalue weighted by Crippen LogP contribution is -2.55. The Kier molecular flexibility index (Phi) is 7.58. The summed E-state index contributed by atoms with van der Waals surface area (Å²) >= 11 is 0. The van der Waals surface area contributed by atoms with Crippen LogP contribution in [0, 0.1) is 0 Å². The van der Waals surface area contributed by atoms with E-state index < -0.39 is 18.1 Å². The molecule has 2 heterocycles. The first-order chi connectivity index (χ1) is 20.4. The quantitative estimate of drug-likeness (QED) is 0.167. The molecule has 2 saturated heterocycles. The molecule has 4 amide bonds.